The van der Waals surface area contributed by atoms with Gasteiger partial charge in [-0.1, -0.05) is 0 Å². The molecule has 6 nitrogen and oxygen atoms in total. The Kier molecular flexibility index (Phi) is 3.83. The smallest absolute Gasteiger partial charge is 0.314 e. The third kappa shape index (κ3) is 2.60. The van der Waals surface area contributed by atoms with Gasteiger partial charge in [0.2, 0.25) is 11.8 Å². The SMILES string of the molecule is CN1C(=O)C2(CC(=O)Nc3c2cnn3-c2ccc(C(F)(F)F)cc2)c2cc(F)ccc21. The van der Waals surface area contributed by atoms with E-state index in [1.54, 1.807) is 7.05 Å². The van der Waals surface area contributed by atoms with Crippen molar-refractivity contribution in [2.75, 3.05) is 17.3 Å². The molecule has 1 unspecified atom stereocenters. The molecule has 0 saturated carbocycles. The monoisotopic (exact) mass is 430 g/mol. The van der Waals surface area contributed by atoms with E-state index in [4.69, 9.17) is 0 Å². The maximum atomic E-state index is 14.1. The van der Waals surface area contributed by atoms with Gasteiger partial charge in [-0.15, -0.1) is 0 Å². The summed E-state index contributed by atoms with van der Waals surface area (Å²) in [6.07, 6.45) is -3.34. The van der Waals surface area contributed by atoms with Gasteiger partial charge in [-0.2, -0.15) is 18.3 Å². The predicted molar refractivity (Wildman–Crippen MR) is 102 cm³/mol. The van der Waals surface area contributed by atoms with Gasteiger partial charge in [-0.05, 0) is 48.0 Å². The van der Waals surface area contributed by atoms with Crippen LogP contribution in [0.4, 0.5) is 29.1 Å². The fourth-order valence-corrected chi connectivity index (χ4v) is 4.37. The Morgan fingerprint density at radius 3 is 2.45 bits per heavy atom. The van der Waals surface area contributed by atoms with Crippen LogP contribution in [0.3, 0.4) is 0 Å². The molecule has 0 fully saturated rings. The maximum Gasteiger partial charge on any atom is 0.416 e. The molecule has 5 rings (SSSR count). The van der Waals surface area contributed by atoms with Crippen molar-refractivity contribution in [3.05, 3.63) is 71.2 Å². The standard InChI is InChI=1S/C21H14F4N4O2/c1-28-16-7-4-12(22)8-14(16)20(19(28)31)9-17(30)27-18-15(20)10-26-29(18)13-5-2-11(3-6-13)21(23,24)25/h2-8,10H,9H2,1H3,(H,27,30). The van der Waals surface area contributed by atoms with Crippen LogP contribution in [0, 0.1) is 5.82 Å². The Bertz CT molecular complexity index is 1250. The van der Waals surface area contributed by atoms with Gasteiger partial charge in [0.25, 0.3) is 0 Å². The molecule has 0 saturated heterocycles. The molecule has 1 N–H and O–H groups in total. The van der Waals surface area contributed by atoms with Gasteiger partial charge in [-0.3, -0.25) is 9.59 Å². The van der Waals surface area contributed by atoms with Gasteiger partial charge in [0.1, 0.15) is 17.1 Å². The molecule has 2 aliphatic rings. The van der Waals surface area contributed by atoms with Gasteiger partial charge >= 0.3 is 6.18 Å². The Morgan fingerprint density at radius 1 is 1.06 bits per heavy atom. The second kappa shape index (κ2) is 6.16. The van der Waals surface area contributed by atoms with Gasteiger partial charge in [0, 0.05) is 24.7 Å². The number of likely N-dealkylation sites (N-methyl/N-ethyl adjacent to an activating group) is 1. The summed E-state index contributed by atoms with van der Waals surface area (Å²) >= 11 is 0. The molecule has 1 atom stereocenters. The topological polar surface area (TPSA) is 67.2 Å². The van der Waals surface area contributed by atoms with Crippen molar-refractivity contribution in [3.8, 4) is 5.69 Å². The van der Waals surface area contributed by atoms with Crippen LogP contribution in [0.15, 0.2) is 48.7 Å². The number of halogens is 4. The van der Waals surface area contributed by atoms with E-state index < -0.39 is 34.8 Å². The van der Waals surface area contributed by atoms with Crippen LogP contribution < -0.4 is 10.2 Å². The average Bonchev–Trinajstić information content (AvgIpc) is 3.22. The zero-order chi connectivity index (χ0) is 22.1. The third-order valence-corrected chi connectivity index (χ3v) is 5.80. The number of nitrogens with one attached hydrogen (secondary N) is 1. The molecule has 2 amide bonds. The number of hydrogen-bond donors (Lipinski definition) is 1. The molecule has 10 heteroatoms. The van der Waals surface area contributed by atoms with E-state index in [2.05, 4.69) is 10.4 Å². The van der Waals surface area contributed by atoms with Crippen molar-refractivity contribution in [3.63, 3.8) is 0 Å². The molecule has 2 aromatic carbocycles. The first-order valence-corrected chi connectivity index (χ1v) is 9.27. The van der Waals surface area contributed by atoms with E-state index in [9.17, 15) is 27.2 Å². The second-order valence-electron chi connectivity index (χ2n) is 7.52. The number of amides is 2. The minimum Gasteiger partial charge on any atom is -0.314 e. The van der Waals surface area contributed by atoms with Crippen LogP contribution in [0.25, 0.3) is 5.69 Å². The molecule has 3 aromatic rings. The number of carbonyl (C=O) groups excluding carboxylic acids is 2. The lowest BCUT2D eigenvalue weighted by molar-refractivity contribution is -0.137. The summed E-state index contributed by atoms with van der Waals surface area (Å²) in [4.78, 5) is 27.3. The van der Waals surface area contributed by atoms with Crippen molar-refractivity contribution in [2.45, 2.75) is 18.0 Å². The number of alkyl halides is 3. The van der Waals surface area contributed by atoms with Gasteiger partial charge < -0.3 is 10.2 Å². The molecule has 1 aromatic heterocycles. The Balaban J connectivity index is 1.70. The molecular formula is C21H14F4N4O2. The van der Waals surface area contributed by atoms with Gasteiger partial charge in [0.15, 0.2) is 0 Å². The van der Waals surface area contributed by atoms with E-state index in [1.807, 2.05) is 0 Å². The van der Waals surface area contributed by atoms with E-state index in [0.717, 1.165) is 12.1 Å². The number of carbonyl (C=O) groups is 2. The summed E-state index contributed by atoms with van der Waals surface area (Å²) in [5.41, 5.74) is -0.834. The minimum atomic E-state index is -4.49. The van der Waals surface area contributed by atoms with Crippen molar-refractivity contribution < 1.29 is 27.2 Å². The molecule has 158 valence electrons. The normalized spacial score (nSPS) is 20.1. The van der Waals surface area contributed by atoms with Crippen molar-refractivity contribution >= 4 is 23.3 Å². The number of fused-ring (bicyclic) bond motifs is 4. The lowest BCUT2D eigenvalue weighted by atomic mass is 9.72. The first-order valence-electron chi connectivity index (χ1n) is 9.27. The van der Waals surface area contributed by atoms with Crippen LogP contribution in [-0.2, 0) is 21.2 Å². The summed E-state index contributed by atoms with van der Waals surface area (Å²) < 4.78 is 54.0. The van der Waals surface area contributed by atoms with E-state index in [-0.39, 0.29) is 17.9 Å². The van der Waals surface area contributed by atoms with Crippen LogP contribution in [-0.4, -0.2) is 28.6 Å². The number of benzene rings is 2. The summed E-state index contributed by atoms with van der Waals surface area (Å²) in [5.74, 6) is -1.28. The first kappa shape index (κ1) is 19.3. The number of hydrogen-bond acceptors (Lipinski definition) is 3. The molecule has 1 spiro atoms. The van der Waals surface area contributed by atoms with E-state index in [0.29, 0.717) is 16.8 Å². The predicted octanol–water partition coefficient (Wildman–Crippen LogP) is 3.63. The van der Waals surface area contributed by atoms with Crippen LogP contribution in [0.5, 0.6) is 0 Å². The molecule has 0 radical (unpaired) electrons. The van der Waals surface area contributed by atoms with Crippen molar-refractivity contribution in [1.82, 2.24) is 9.78 Å². The highest BCUT2D eigenvalue weighted by atomic mass is 19.4. The largest absolute Gasteiger partial charge is 0.416 e. The molecular weight excluding hydrogens is 416 g/mol. The Labute approximate surface area is 173 Å². The first-order chi connectivity index (χ1) is 14.6. The number of aromatic nitrogens is 2. The van der Waals surface area contributed by atoms with E-state index in [1.165, 1.54) is 46.1 Å². The van der Waals surface area contributed by atoms with Gasteiger partial charge in [-0.25, -0.2) is 9.07 Å². The second-order valence-corrected chi connectivity index (χ2v) is 7.52. The zero-order valence-electron chi connectivity index (χ0n) is 16.0. The van der Waals surface area contributed by atoms with Crippen LogP contribution in [0.2, 0.25) is 0 Å². The average molecular weight is 430 g/mol. The fraction of sp³-hybridized carbons (Fsp3) is 0.190. The minimum absolute atomic E-state index is 0.162. The van der Waals surface area contributed by atoms with Crippen molar-refractivity contribution in [1.29, 1.82) is 0 Å². The Hall–Kier alpha value is -3.69. The highest BCUT2D eigenvalue weighted by Gasteiger charge is 2.56. The highest BCUT2D eigenvalue weighted by Crippen LogP contribution is 2.52. The summed E-state index contributed by atoms with van der Waals surface area (Å²) in [6.45, 7) is 0. The lowest BCUT2D eigenvalue weighted by Crippen LogP contribution is -2.45. The number of rotatable bonds is 1. The van der Waals surface area contributed by atoms with Crippen LogP contribution in [0.1, 0.15) is 23.1 Å². The third-order valence-electron chi connectivity index (χ3n) is 5.80. The van der Waals surface area contributed by atoms with E-state index >= 15 is 0 Å². The fourth-order valence-electron chi connectivity index (χ4n) is 4.37. The quantitative estimate of drug-likeness (QED) is 0.600. The molecule has 0 bridgehead atoms. The molecule has 2 aliphatic heterocycles. The molecule has 31 heavy (non-hydrogen) atoms. The number of nitrogens with zero attached hydrogens (tertiary/aromatic N) is 3. The molecule has 0 aliphatic carbocycles. The maximum absolute atomic E-state index is 14.1. The lowest BCUT2D eigenvalue weighted by Gasteiger charge is -2.32. The summed E-state index contributed by atoms with van der Waals surface area (Å²) in [6, 6.07) is 8.20. The van der Waals surface area contributed by atoms with Crippen LogP contribution >= 0.6 is 0 Å². The Morgan fingerprint density at radius 2 is 1.77 bits per heavy atom. The highest BCUT2D eigenvalue weighted by molar-refractivity contribution is 6.15. The molecule has 3 heterocycles. The zero-order valence-corrected chi connectivity index (χ0v) is 16.0. The van der Waals surface area contributed by atoms with Gasteiger partial charge in [0.05, 0.1) is 17.4 Å². The summed E-state index contributed by atoms with van der Waals surface area (Å²) in [7, 11) is 1.54. The van der Waals surface area contributed by atoms with Crippen molar-refractivity contribution in [2.24, 2.45) is 0 Å². The summed E-state index contributed by atoms with van der Waals surface area (Å²) in [5, 5.41) is 6.88. The number of anilines is 2.